The second-order valence-corrected chi connectivity index (χ2v) is 8.00. The first kappa shape index (κ1) is 18.7. The van der Waals surface area contributed by atoms with Gasteiger partial charge in [-0.1, -0.05) is 0 Å². The van der Waals surface area contributed by atoms with Crippen LogP contribution in [0.4, 0.5) is 13.2 Å². The molecule has 0 fully saturated rings. The fourth-order valence-electron chi connectivity index (χ4n) is 3.63. The Morgan fingerprint density at radius 3 is 2.60 bits per heavy atom. The molecular formula is C20H14F3N5OS. The normalized spacial score (nSPS) is 16.1. The van der Waals surface area contributed by atoms with Gasteiger partial charge < -0.3 is 9.47 Å². The second-order valence-electron chi connectivity index (χ2n) is 6.97. The fraction of sp³-hybridized carbons (Fsp3) is 0.200. The molecule has 5 rings (SSSR count). The molecule has 3 heterocycles. The highest BCUT2D eigenvalue weighted by Gasteiger charge is 2.32. The average molecular weight is 429 g/mol. The Morgan fingerprint density at radius 1 is 1.07 bits per heavy atom. The van der Waals surface area contributed by atoms with Crippen LogP contribution < -0.4 is 0 Å². The van der Waals surface area contributed by atoms with E-state index < -0.39 is 17.5 Å². The molecule has 4 aromatic rings. The molecule has 0 saturated heterocycles. The van der Waals surface area contributed by atoms with Crippen LogP contribution in [0.5, 0.6) is 0 Å². The topological polar surface area (TPSA) is 63.9 Å². The fourth-order valence-corrected chi connectivity index (χ4v) is 4.63. The molecule has 1 atom stereocenters. The molecule has 1 amide bonds. The molecule has 2 aromatic heterocycles. The smallest absolute Gasteiger partial charge is 0.254 e. The average Bonchev–Trinajstić information content (AvgIpc) is 3.33. The Hall–Kier alpha value is -3.27. The zero-order valence-electron chi connectivity index (χ0n) is 15.6. The van der Waals surface area contributed by atoms with Crippen LogP contribution in [-0.4, -0.2) is 37.1 Å². The molecule has 0 bridgehead atoms. The van der Waals surface area contributed by atoms with Crippen LogP contribution in [0, 0.1) is 17.5 Å². The first-order chi connectivity index (χ1) is 14.4. The van der Waals surface area contributed by atoms with E-state index in [1.165, 1.54) is 30.3 Å². The van der Waals surface area contributed by atoms with Crippen molar-refractivity contribution in [1.82, 2.24) is 24.6 Å². The molecule has 152 valence electrons. The zero-order valence-corrected chi connectivity index (χ0v) is 16.5. The maximum atomic E-state index is 14.0. The Balaban J connectivity index is 1.49. The lowest BCUT2D eigenvalue weighted by atomic mass is 10.1. The van der Waals surface area contributed by atoms with Crippen molar-refractivity contribution in [3.05, 3.63) is 65.2 Å². The SMILES string of the molecule is CC1c2nnc(-c3nc4c(F)cc(F)cc4s3)n2CCN1C(=O)c1ccc(F)cc1. The van der Waals surface area contributed by atoms with Gasteiger partial charge in [0.25, 0.3) is 5.91 Å². The third-order valence-corrected chi connectivity index (χ3v) is 6.14. The first-order valence-corrected chi connectivity index (χ1v) is 9.99. The zero-order chi connectivity index (χ0) is 21.0. The highest BCUT2D eigenvalue weighted by atomic mass is 32.1. The molecular weight excluding hydrogens is 415 g/mol. The van der Waals surface area contributed by atoms with Crippen molar-refractivity contribution in [1.29, 1.82) is 0 Å². The van der Waals surface area contributed by atoms with E-state index in [0.29, 0.717) is 40.0 Å². The summed E-state index contributed by atoms with van der Waals surface area (Å²) in [5, 5.41) is 8.85. The quantitative estimate of drug-likeness (QED) is 0.479. The maximum absolute atomic E-state index is 14.0. The summed E-state index contributed by atoms with van der Waals surface area (Å²) in [5.74, 6) is -1.01. The van der Waals surface area contributed by atoms with Gasteiger partial charge in [0, 0.05) is 24.7 Å². The van der Waals surface area contributed by atoms with E-state index in [2.05, 4.69) is 15.2 Å². The highest BCUT2D eigenvalue weighted by Crippen LogP contribution is 2.34. The Kier molecular flexibility index (Phi) is 4.31. The molecule has 0 spiro atoms. The third-order valence-electron chi connectivity index (χ3n) is 5.14. The van der Waals surface area contributed by atoms with Crippen molar-refractivity contribution in [3.8, 4) is 10.8 Å². The summed E-state index contributed by atoms with van der Waals surface area (Å²) in [4.78, 5) is 18.8. The number of rotatable bonds is 2. The Labute approximate surface area is 172 Å². The summed E-state index contributed by atoms with van der Waals surface area (Å²) in [7, 11) is 0. The molecule has 0 saturated carbocycles. The van der Waals surface area contributed by atoms with Crippen molar-refractivity contribution in [3.63, 3.8) is 0 Å². The van der Waals surface area contributed by atoms with Crippen LogP contribution >= 0.6 is 11.3 Å². The number of nitrogens with zero attached hydrogens (tertiary/aromatic N) is 5. The van der Waals surface area contributed by atoms with Crippen LogP contribution in [0.3, 0.4) is 0 Å². The predicted molar refractivity (Wildman–Crippen MR) is 104 cm³/mol. The first-order valence-electron chi connectivity index (χ1n) is 9.18. The molecule has 0 aliphatic carbocycles. The molecule has 1 unspecified atom stereocenters. The van der Waals surface area contributed by atoms with Crippen LogP contribution in [0.2, 0.25) is 0 Å². The number of thiazole rings is 1. The minimum Gasteiger partial charge on any atom is -0.327 e. The van der Waals surface area contributed by atoms with Gasteiger partial charge in [-0.05, 0) is 37.3 Å². The van der Waals surface area contributed by atoms with E-state index in [1.54, 1.807) is 4.90 Å². The molecule has 0 N–H and O–H groups in total. The molecule has 1 aliphatic rings. The highest BCUT2D eigenvalue weighted by molar-refractivity contribution is 7.21. The van der Waals surface area contributed by atoms with Gasteiger partial charge >= 0.3 is 0 Å². The number of hydrogen-bond donors (Lipinski definition) is 0. The minimum atomic E-state index is -0.727. The number of fused-ring (bicyclic) bond motifs is 2. The molecule has 1 aliphatic heterocycles. The van der Waals surface area contributed by atoms with Gasteiger partial charge in [-0.2, -0.15) is 0 Å². The number of hydrogen-bond acceptors (Lipinski definition) is 5. The van der Waals surface area contributed by atoms with Gasteiger partial charge in [0.1, 0.15) is 17.2 Å². The van der Waals surface area contributed by atoms with Gasteiger partial charge in [0.05, 0.1) is 10.7 Å². The van der Waals surface area contributed by atoms with Crippen LogP contribution in [0.1, 0.15) is 29.1 Å². The summed E-state index contributed by atoms with van der Waals surface area (Å²) in [6, 6.07) is 7.05. The molecule has 0 radical (unpaired) electrons. The van der Waals surface area contributed by atoms with Crippen molar-refractivity contribution in [2.75, 3.05) is 6.54 Å². The van der Waals surface area contributed by atoms with Crippen LogP contribution in [0.25, 0.3) is 21.0 Å². The van der Waals surface area contributed by atoms with E-state index in [9.17, 15) is 18.0 Å². The number of benzene rings is 2. The number of aromatic nitrogens is 4. The summed E-state index contributed by atoms with van der Waals surface area (Å²) in [6.07, 6.45) is 0. The monoisotopic (exact) mass is 429 g/mol. The standard InChI is InChI=1S/C20H14F3N5OS/c1-10-17-25-26-18(19-24-16-14(23)8-13(22)9-15(16)30-19)28(17)7-6-27(10)20(29)11-2-4-12(21)5-3-11/h2-5,8-10H,6-7H2,1H3. The molecule has 10 heteroatoms. The van der Waals surface area contributed by atoms with Gasteiger partial charge in [0.15, 0.2) is 22.5 Å². The summed E-state index contributed by atoms with van der Waals surface area (Å²) < 4.78 is 42.9. The largest absolute Gasteiger partial charge is 0.327 e. The Morgan fingerprint density at radius 2 is 1.83 bits per heavy atom. The van der Waals surface area contributed by atoms with Crippen molar-refractivity contribution in [2.24, 2.45) is 0 Å². The number of amides is 1. The van der Waals surface area contributed by atoms with Gasteiger partial charge in [0.2, 0.25) is 0 Å². The van der Waals surface area contributed by atoms with E-state index in [1.807, 2.05) is 11.5 Å². The summed E-state index contributed by atoms with van der Waals surface area (Å²) >= 11 is 1.13. The lowest BCUT2D eigenvalue weighted by molar-refractivity contribution is 0.0638. The van der Waals surface area contributed by atoms with E-state index in [4.69, 9.17) is 0 Å². The third kappa shape index (κ3) is 2.95. The number of carbonyl (C=O) groups is 1. The van der Waals surface area contributed by atoms with Crippen molar-refractivity contribution in [2.45, 2.75) is 19.5 Å². The van der Waals surface area contributed by atoms with E-state index in [0.717, 1.165) is 17.4 Å². The molecule has 30 heavy (non-hydrogen) atoms. The van der Waals surface area contributed by atoms with Gasteiger partial charge in [-0.15, -0.1) is 21.5 Å². The van der Waals surface area contributed by atoms with Crippen molar-refractivity contribution < 1.29 is 18.0 Å². The lowest BCUT2D eigenvalue weighted by Crippen LogP contribution is -2.41. The summed E-state index contributed by atoms with van der Waals surface area (Å²) in [5.41, 5.74) is 0.478. The molecule has 2 aromatic carbocycles. The predicted octanol–water partition coefficient (Wildman–Crippen LogP) is 4.19. The maximum Gasteiger partial charge on any atom is 0.254 e. The van der Waals surface area contributed by atoms with Gasteiger partial charge in [-0.3, -0.25) is 4.79 Å². The second kappa shape index (κ2) is 6.91. The van der Waals surface area contributed by atoms with Gasteiger partial charge in [-0.25, -0.2) is 18.2 Å². The minimum absolute atomic E-state index is 0.0886. The molecule has 6 nitrogen and oxygen atoms in total. The van der Waals surface area contributed by atoms with Crippen LogP contribution in [0.15, 0.2) is 36.4 Å². The van der Waals surface area contributed by atoms with E-state index in [-0.39, 0.29) is 17.5 Å². The van der Waals surface area contributed by atoms with Crippen LogP contribution in [-0.2, 0) is 6.54 Å². The number of carbonyl (C=O) groups excluding carboxylic acids is 1. The van der Waals surface area contributed by atoms with Crippen molar-refractivity contribution >= 4 is 27.5 Å². The van der Waals surface area contributed by atoms with E-state index >= 15 is 0 Å². The Bertz CT molecular complexity index is 1280. The number of halogens is 3. The lowest BCUT2D eigenvalue weighted by Gasteiger charge is -2.33. The summed E-state index contributed by atoms with van der Waals surface area (Å²) in [6.45, 7) is 2.64.